The fraction of sp³-hybridized carbons (Fsp3) is 0.300. The fourth-order valence-electron chi connectivity index (χ4n) is 2.57. The highest BCUT2D eigenvalue weighted by molar-refractivity contribution is 9.10. The van der Waals surface area contributed by atoms with Crippen LogP contribution in [0.4, 0.5) is 0 Å². The lowest BCUT2D eigenvalue weighted by molar-refractivity contribution is -0.140. The van der Waals surface area contributed by atoms with Gasteiger partial charge in [0.15, 0.2) is 0 Å². The molecule has 6 heteroatoms. The van der Waals surface area contributed by atoms with E-state index in [1.54, 1.807) is 24.0 Å². The van der Waals surface area contributed by atoms with Gasteiger partial charge >= 0.3 is 0 Å². The van der Waals surface area contributed by atoms with E-state index in [0.29, 0.717) is 18.1 Å². The summed E-state index contributed by atoms with van der Waals surface area (Å²) in [6.07, 6.45) is 0.220. The van der Waals surface area contributed by atoms with E-state index in [-0.39, 0.29) is 18.2 Å². The smallest absolute Gasteiger partial charge is 0.242 e. The summed E-state index contributed by atoms with van der Waals surface area (Å²) in [5.74, 6) is -0.261. The zero-order valence-corrected chi connectivity index (χ0v) is 17.2. The van der Waals surface area contributed by atoms with E-state index < -0.39 is 6.04 Å². The maximum Gasteiger partial charge on any atom is 0.242 e. The Morgan fingerprint density at radius 3 is 2.23 bits per heavy atom. The van der Waals surface area contributed by atoms with Gasteiger partial charge in [0, 0.05) is 22.6 Å². The number of likely N-dealkylation sites (N-methyl/N-ethyl adjacent to an activating group) is 1. The van der Waals surface area contributed by atoms with Crippen LogP contribution >= 0.6 is 27.5 Å². The number of carbonyl (C=O) groups is 2. The molecule has 2 aromatic carbocycles. The van der Waals surface area contributed by atoms with Gasteiger partial charge in [-0.15, -0.1) is 0 Å². The molecule has 0 saturated carbocycles. The molecule has 0 saturated heterocycles. The van der Waals surface area contributed by atoms with E-state index in [1.807, 2.05) is 43.3 Å². The van der Waals surface area contributed by atoms with Crippen LogP contribution < -0.4 is 5.32 Å². The molecule has 2 amide bonds. The van der Waals surface area contributed by atoms with Crippen molar-refractivity contribution >= 4 is 39.3 Å². The second-order valence-electron chi connectivity index (χ2n) is 6.02. The number of nitrogens with zero attached hydrogens (tertiary/aromatic N) is 1. The molecular weight excluding hydrogens is 416 g/mol. The van der Waals surface area contributed by atoms with Crippen LogP contribution in [0.2, 0.25) is 5.02 Å². The molecule has 0 heterocycles. The molecule has 26 heavy (non-hydrogen) atoms. The van der Waals surface area contributed by atoms with Gasteiger partial charge < -0.3 is 10.2 Å². The molecule has 2 rings (SSSR count). The van der Waals surface area contributed by atoms with Gasteiger partial charge in [-0.25, -0.2) is 0 Å². The third kappa shape index (κ3) is 5.85. The Labute approximate surface area is 167 Å². The first kappa shape index (κ1) is 20.5. The molecule has 0 aromatic heterocycles. The number of carbonyl (C=O) groups excluding carboxylic acids is 2. The molecule has 0 fully saturated rings. The molecule has 0 unspecified atom stereocenters. The van der Waals surface area contributed by atoms with Gasteiger partial charge in [0.05, 0.1) is 6.42 Å². The number of halogens is 2. The molecule has 0 radical (unpaired) electrons. The van der Waals surface area contributed by atoms with Crippen LogP contribution in [0.25, 0.3) is 0 Å². The zero-order chi connectivity index (χ0) is 19.1. The van der Waals surface area contributed by atoms with E-state index in [0.717, 1.165) is 15.6 Å². The summed E-state index contributed by atoms with van der Waals surface area (Å²) in [6, 6.07) is 14.4. The Balaban J connectivity index is 2.20. The standard InChI is InChI=1S/C20H22BrClN2O2/c1-3-23-20(26)14(2)24(13-16-4-8-17(21)9-5-16)19(25)12-15-6-10-18(22)11-7-15/h4-11,14H,3,12-13H2,1-2H3,(H,23,26)/t14-/m0/s1. The van der Waals surface area contributed by atoms with Crippen LogP contribution in [-0.2, 0) is 22.6 Å². The van der Waals surface area contributed by atoms with E-state index >= 15 is 0 Å². The number of nitrogens with one attached hydrogen (secondary N) is 1. The van der Waals surface area contributed by atoms with Gasteiger partial charge in [-0.3, -0.25) is 9.59 Å². The first-order valence-corrected chi connectivity index (χ1v) is 9.64. The Hall–Kier alpha value is -1.85. The van der Waals surface area contributed by atoms with Crippen molar-refractivity contribution in [1.82, 2.24) is 10.2 Å². The van der Waals surface area contributed by atoms with Crippen molar-refractivity contribution in [3.63, 3.8) is 0 Å². The van der Waals surface area contributed by atoms with Crippen LogP contribution in [0.5, 0.6) is 0 Å². The van der Waals surface area contributed by atoms with Crippen molar-refractivity contribution in [2.75, 3.05) is 6.54 Å². The van der Waals surface area contributed by atoms with Crippen LogP contribution in [0.1, 0.15) is 25.0 Å². The van der Waals surface area contributed by atoms with Crippen molar-refractivity contribution in [3.8, 4) is 0 Å². The Bertz CT molecular complexity index is 747. The third-order valence-corrected chi connectivity index (χ3v) is 4.83. The third-order valence-electron chi connectivity index (χ3n) is 4.05. The van der Waals surface area contributed by atoms with Gasteiger partial charge in [0.1, 0.15) is 6.04 Å². The SMILES string of the molecule is CCNC(=O)[C@H](C)N(Cc1ccc(Br)cc1)C(=O)Cc1ccc(Cl)cc1. The predicted octanol–water partition coefficient (Wildman–Crippen LogP) is 4.20. The average Bonchev–Trinajstić information content (AvgIpc) is 2.62. The molecule has 138 valence electrons. The number of hydrogen-bond donors (Lipinski definition) is 1. The number of rotatable bonds is 7. The lowest BCUT2D eigenvalue weighted by Gasteiger charge is -2.29. The highest BCUT2D eigenvalue weighted by atomic mass is 79.9. The summed E-state index contributed by atoms with van der Waals surface area (Å²) in [7, 11) is 0. The normalized spacial score (nSPS) is 11.7. The molecular formula is C20H22BrClN2O2. The van der Waals surface area contributed by atoms with Crippen molar-refractivity contribution in [1.29, 1.82) is 0 Å². The molecule has 1 N–H and O–H groups in total. The monoisotopic (exact) mass is 436 g/mol. The van der Waals surface area contributed by atoms with Crippen LogP contribution in [0.15, 0.2) is 53.0 Å². The summed E-state index contributed by atoms with van der Waals surface area (Å²) < 4.78 is 0.970. The summed E-state index contributed by atoms with van der Waals surface area (Å²) in [4.78, 5) is 26.8. The molecule has 1 atom stereocenters. The number of hydrogen-bond acceptors (Lipinski definition) is 2. The van der Waals surface area contributed by atoms with Gasteiger partial charge in [-0.05, 0) is 49.2 Å². The molecule has 2 aromatic rings. The van der Waals surface area contributed by atoms with Crippen LogP contribution in [0, 0.1) is 0 Å². The molecule has 0 aliphatic carbocycles. The minimum atomic E-state index is -0.557. The first-order chi connectivity index (χ1) is 12.4. The van der Waals surface area contributed by atoms with Crippen molar-refractivity contribution < 1.29 is 9.59 Å². The van der Waals surface area contributed by atoms with Gasteiger partial charge in [0.2, 0.25) is 11.8 Å². The maximum absolute atomic E-state index is 12.9. The highest BCUT2D eigenvalue weighted by Gasteiger charge is 2.25. The second kappa shape index (κ2) is 9.74. The Kier molecular flexibility index (Phi) is 7.66. The van der Waals surface area contributed by atoms with Gasteiger partial charge in [-0.2, -0.15) is 0 Å². The summed E-state index contributed by atoms with van der Waals surface area (Å²) in [5.41, 5.74) is 1.83. The van der Waals surface area contributed by atoms with E-state index in [4.69, 9.17) is 11.6 Å². The molecule has 0 aliphatic rings. The minimum absolute atomic E-state index is 0.103. The summed E-state index contributed by atoms with van der Waals surface area (Å²) >= 11 is 9.31. The lowest BCUT2D eigenvalue weighted by Crippen LogP contribution is -2.48. The first-order valence-electron chi connectivity index (χ1n) is 8.46. The van der Waals surface area contributed by atoms with Crippen LogP contribution in [-0.4, -0.2) is 29.3 Å². The van der Waals surface area contributed by atoms with Crippen LogP contribution in [0.3, 0.4) is 0 Å². The molecule has 0 aliphatic heterocycles. The minimum Gasteiger partial charge on any atom is -0.355 e. The highest BCUT2D eigenvalue weighted by Crippen LogP contribution is 2.16. The molecule has 0 spiro atoms. The largest absolute Gasteiger partial charge is 0.355 e. The molecule has 4 nitrogen and oxygen atoms in total. The second-order valence-corrected chi connectivity index (χ2v) is 7.37. The Morgan fingerprint density at radius 1 is 1.08 bits per heavy atom. The quantitative estimate of drug-likeness (QED) is 0.706. The lowest BCUT2D eigenvalue weighted by atomic mass is 10.1. The van der Waals surface area contributed by atoms with E-state index in [1.165, 1.54) is 0 Å². The number of benzene rings is 2. The van der Waals surface area contributed by atoms with Crippen molar-refractivity contribution in [3.05, 3.63) is 69.2 Å². The van der Waals surface area contributed by atoms with E-state index in [9.17, 15) is 9.59 Å². The fourth-order valence-corrected chi connectivity index (χ4v) is 2.96. The predicted molar refractivity (Wildman–Crippen MR) is 108 cm³/mol. The van der Waals surface area contributed by atoms with Gasteiger partial charge in [0.25, 0.3) is 0 Å². The number of amides is 2. The topological polar surface area (TPSA) is 49.4 Å². The molecule has 0 bridgehead atoms. The van der Waals surface area contributed by atoms with Crippen molar-refractivity contribution in [2.24, 2.45) is 0 Å². The zero-order valence-electron chi connectivity index (χ0n) is 14.8. The maximum atomic E-state index is 12.9. The van der Waals surface area contributed by atoms with E-state index in [2.05, 4.69) is 21.2 Å². The van der Waals surface area contributed by atoms with Crippen molar-refractivity contribution in [2.45, 2.75) is 32.9 Å². The summed E-state index contributed by atoms with van der Waals surface area (Å²) in [6.45, 7) is 4.52. The summed E-state index contributed by atoms with van der Waals surface area (Å²) in [5, 5.41) is 3.42. The Morgan fingerprint density at radius 2 is 1.65 bits per heavy atom. The average molecular weight is 438 g/mol. The van der Waals surface area contributed by atoms with Gasteiger partial charge in [-0.1, -0.05) is 51.8 Å².